The predicted molar refractivity (Wildman–Crippen MR) is 71.1 cm³/mol. The lowest BCUT2D eigenvalue weighted by atomic mass is 10.2. The fraction of sp³-hybridized carbons (Fsp3) is 0.727. The van der Waals surface area contributed by atoms with Gasteiger partial charge in [-0.05, 0) is 41.5 Å². The molecule has 0 aromatic rings. The number of urea groups is 1. The van der Waals surface area contributed by atoms with Crippen LogP contribution in [0.3, 0.4) is 0 Å². The van der Waals surface area contributed by atoms with Crippen LogP contribution >= 0.6 is 12.2 Å². The molecule has 6 nitrogen and oxygen atoms in total. The number of thiocarbonyl (C=S) groups is 1. The molecule has 0 aliphatic carbocycles. The Bertz CT molecular complexity index is 331. The van der Waals surface area contributed by atoms with Crippen molar-refractivity contribution in [3.05, 3.63) is 0 Å². The standard InChI is InChI=1S/C11H20N2O4S/c1-10(2,3)16-9(15)13(7-18)8(14)12-17-11(4,5)6/h7H,1-6H3,(H,12,14). The summed E-state index contributed by atoms with van der Waals surface area (Å²) >= 11 is 4.61. The van der Waals surface area contributed by atoms with E-state index >= 15 is 0 Å². The molecule has 0 aliphatic rings. The molecule has 7 heteroatoms. The van der Waals surface area contributed by atoms with E-state index in [9.17, 15) is 9.59 Å². The first kappa shape index (κ1) is 16.8. The van der Waals surface area contributed by atoms with E-state index in [0.29, 0.717) is 4.90 Å². The van der Waals surface area contributed by atoms with Crippen molar-refractivity contribution in [2.45, 2.75) is 52.7 Å². The molecular weight excluding hydrogens is 256 g/mol. The lowest BCUT2D eigenvalue weighted by molar-refractivity contribution is -0.0565. The Hall–Kier alpha value is -1.21. The minimum Gasteiger partial charge on any atom is -0.443 e. The molecule has 0 fully saturated rings. The Balaban J connectivity index is 4.54. The van der Waals surface area contributed by atoms with Crippen LogP contribution in [0.4, 0.5) is 9.59 Å². The molecule has 18 heavy (non-hydrogen) atoms. The highest BCUT2D eigenvalue weighted by molar-refractivity contribution is 7.78. The molecule has 104 valence electrons. The van der Waals surface area contributed by atoms with E-state index in [4.69, 9.17) is 9.57 Å². The van der Waals surface area contributed by atoms with Crippen molar-refractivity contribution < 1.29 is 19.2 Å². The first-order chi connectivity index (χ1) is 7.96. The Kier molecular flexibility index (Phi) is 5.69. The normalized spacial score (nSPS) is 11.7. The zero-order valence-electron chi connectivity index (χ0n) is 11.6. The molecule has 0 atom stereocenters. The highest BCUT2D eigenvalue weighted by Gasteiger charge is 2.26. The van der Waals surface area contributed by atoms with E-state index < -0.39 is 23.3 Å². The van der Waals surface area contributed by atoms with E-state index in [-0.39, 0.29) is 0 Å². The molecule has 0 bridgehead atoms. The molecule has 0 radical (unpaired) electrons. The minimum atomic E-state index is -0.854. The minimum absolute atomic E-state index is 0.573. The van der Waals surface area contributed by atoms with Crippen molar-refractivity contribution in [1.82, 2.24) is 10.4 Å². The smallest absolute Gasteiger partial charge is 0.423 e. The van der Waals surface area contributed by atoms with Gasteiger partial charge in [-0.2, -0.15) is 4.90 Å². The summed E-state index contributed by atoms with van der Waals surface area (Å²) in [6.45, 7) is 10.3. The van der Waals surface area contributed by atoms with Crippen LogP contribution < -0.4 is 5.48 Å². The van der Waals surface area contributed by atoms with Crippen LogP contribution in [0, 0.1) is 0 Å². The van der Waals surface area contributed by atoms with Crippen molar-refractivity contribution in [2.24, 2.45) is 0 Å². The summed E-state index contributed by atoms with van der Waals surface area (Å²) in [5.41, 5.74) is 1.74. The van der Waals surface area contributed by atoms with E-state index in [1.807, 2.05) is 0 Å². The number of nitrogens with one attached hydrogen (secondary N) is 1. The molecule has 0 saturated heterocycles. The topological polar surface area (TPSA) is 67.9 Å². The van der Waals surface area contributed by atoms with E-state index in [2.05, 4.69) is 17.7 Å². The van der Waals surface area contributed by atoms with Crippen molar-refractivity contribution in [3.8, 4) is 0 Å². The molecule has 0 aromatic heterocycles. The largest absolute Gasteiger partial charge is 0.443 e. The lowest BCUT2D eigenvalue weighted by Gasteiger charge is -2.25. The number of amides is 3. The molecule has 0 aromatic carbocycles. The summed E-state index contributed by atoms with van der Waals surface area (Å²) in [7, 11) is 0. The van der Waals surface area contributed by atoms with Crippen molar-refractivity contribution >= 4 is 29.8 Å². The fourth-order valence-electron chi connectivity index (χ4n) is 0.731. The second-order valence-corrected chi connectivity index (χ2v) is 5.79. The zero-order valence-corrected chi connectivity index (χ0v) is 12.4. The summed E-state index contributed by atoms with van der Waals surface area (Å²) in [6, 6.07) is -0.797. The lowest BCUT2D eigenvalue weighted by Crippen LogP contribution is -2.46. The second kappa shape index (κ2) is 6.10. The molecule has 0 rings (SSSR count). The van der Waals surface area contributed by atoms with E-state index in [1.165, 1.54) is 0 Å². The van der Waals surface area contributed by atoms with Crippen LogP contribution in [0.5, 0.6) is 0 Å². The number of carbonyl (C=O) groups excluding carboxylic acids is 2. The third-order valence-corrected chi connectivity index (χ3v) is 1.57. The van der Waals surface area contributed by atoms with Crippen LogP contribution in [0.1, 0.15) is 41.5 Å². The van der Waals surface area contributed by atoms with Crippen LogP contribution in [0.2, 0.25) is 0 Å². The van der Waals surface area contributed by atoms with Gasteiger partial charge in [0.05, 0.1) is 11.1 Å². The Labute approximate surface area is 113 Å². The third-order valence-electron chi connectivity index (χ3n) is 1.36. The maximum Gasteiger partial charge on any atom is 0.423 e. The van der Waals surface area contributed by atoms with Crippen LogP contribution in [0.15, 0.2) is 0 Å². The molecule has 1 N–H and O–H groups in total. The van der Waals surface area contributed by atoms with E-state index in [0.717, 1.165) is 5.49 Å². The molecular formula is C11H20N2O4S. The Morgan fingerprint density at radius 2 is 1.61 bits per heavy atom. The molecule has 0 unspecified atom stereocenters. The molecule has 0 saturated carbocycles. The highest BCUT2D eigenvalue weighted by Crippen LogP contribution is 2.10. The fourth-order valence-corrected chi connectivity index (χ4v) is 0.913. The van der Waals surface area contributed by atoms with Gasteiger partial charge in [-0.1, -0.05) is 12.2 Å². The summed E-state index contributed by atoms with van der Waals surface area (Å²) in [6.07, 6.45) is -0.854. The number of carbonyl (C=O) groups is 2. The number of hydroxylamine groups is 1. The summed E-state index contributed by atoms with van der Waals surface area (Å²) in [4.78, 5) is 29.0. The summed E-state index contributed by atoms with van der Waals surface area (Å²) in [5.74, 6) is 0. The van der Waals surface area contributed by atoms with Gasteiger partial charge in [0.15, 0.2) is 0 Å². The highest BCUT2D eigenvalue weighted by atomic mass is 32.1. The molecule has 3 amide bonds. The zero-order chi connectivity index (χ0) is 14.6. The first-order valence-electron chi connectivity index (χ1n) is 5.42. The van der Waals surface area contributed by atoms with Crippen molar-refractivity contribution in [3.63, 3.8) is 0 Å². The van der Waals surface area contributed by atoms with Gasteiger partial charge >= 0.3 is 12.1 Å². The average Bonchev–Trinajstić information content (AvgIpc) is 2.11. The van der Waals surface area contributed by atoms with Gasteiger partial charge < -0.3 is 4.74 Å². The summed E-state index contributed by atoms with van der Waals surface area (Å²) < 4.78 is 5.02. The van der Waals surface area contributed by atoms with Crippen LogP contribution in [-0.4, -0.2) is 33.7 Å². The number of nitrogens with zero attached hydrogens (tertiary/aromatic N) is 1. The monoisotopic (exact) mass is 276 g/mol. The van der Waals surface area contributed by atoms with Crippen molar-refractivity contribution in [1.29, 1.82) is 0 Å². The third kappa shape index (κ3) is 7.18. The Morgan fingerprint density at radius 3 is 1.94 bits per heavy atom. The summed E-state index contributed by atoms with van der Waals surface area (Å²) in [5, 5.41) is 0. The number of rotatable bonds is 2. The SMILES string of the molecule is CC(C)(C)ONC(=O)N(C=S)C(=O)OC(C)(C)C. The van der Waals surface area contributed by atoms with Gasteiger partial charge in [0, 0.05) is 0 Å². The Morgan fingerprint density at radius 1 is 1.11 bits per heavy atom. The maximum absolute atomic E-state index is 11.6. The predicted octanol–water partition coefficient (Wildman–Crippen LogP) is 2.62. The van der Waals surface area contributed by atoms with Gasteiger partial charge in [0.2, 0.25) is 0 Å². The van der Waals surface area contributed by atoms with Crippen LogP contribution in [-0.2, 0) is 9.57 Å². The van der Waals surface area contributed by atoms with Gasteiger partial charge in [0.25, 0.3) is 0 Å². The van der Waals surface area contributed by atoms with E-state index in [1.54, 1.807) is 41.5 Å². The first-order valence-corrected chi connectivity index (χ1v) is 5.89. The van der Waals surface area contributed by atoms with Crippen molar-refractivity contribution in [2.75, 3.05) is 0 Å². The van der Waals surface area contributed by atoms with Crippen LogP contribution in [0.25, 0.3) is 0 Å². The average molecular weight is 276 g/mol. The van der Waals surface area contributed by atoms with Gasteiger partial charge in [-0.15, -0.1) is 0 Å². The number of imide groups is 1. The number of hydrogen-bond donors (Lipinski definition) is 1. The van der Waals surface area contributed by atoms with Gasteiger partial charge in [0.1, 0.15) is 5.60 Å². The van der Waals surface area contributed by atoms with Gasteiger partial charge in [-0.25, -0.2) is 15.1 Å². The molecule has 0 spiro atoms. The second-order valence-electron chi connectivity index (χ2n) is 5.58. The molecule has 0 aliphatic heterocycles. The molecule has 0 heterocycles. The quantitative estimate of drug-likeness (QED) is 0.620. The number of ether oxygens (including phenoxy) is 1. The number of hydrogen-bond acceptors (Lipinski definition) is 5. The van der Waals surface area contributed by atoms with Gasteiger partial charge in [-0.3, -0.25) is 4.84 Å². The maximum atomic E-state index is 11.6.